The number of hydrogen-bond acceptors (Lipinski definition) is 4. The Labute approximate surface area is 121 Å². The number of nitrogens with one attached hydrogen (secondary N) is 1. The van der Waals surface area contributed by atoms with Crippen LogP contribution in [-0.2, 0) is 4.74 Å². The highest BCUT2D eigenvalue weighted by Gasteiger charge is 2.04. The van der Waals surface area contributed by atoms with Crippen LogP contribution in [0.15, 0.2) is 24.3 Å². The van der Waals surface area contributed by atoms with Crippen molar-refractivity contribution in [2.45, 2.75) is 13.8 Å². The van der Waals surface area contributed by atoms with E-state index in [0.29, 0.717) is 6.61 Å². The maximum atomic E-state index is 5.72. The van der Waals surface area contributed by atoms with E-state index >= 15 is 0 Å². The van der Waals surface area contributed by atoms with Crippen LogP contribution in [0.4, 0.5) is 0 Å². The highest BCUT2D eigenvalue weighted by Crippen LogP contribution is 2.28. The van der Waals surface area contributed by atoms with E-state index in [9.17, 15) is 0 Å². The summed E-state index contributed by atoms with van der Waals surface area (Å²) in [6.07, 6.45) is 4.03. The molecule has 0 atom stereocenters. The molecule has 1 rings (SSSR count). The summed E-state index contributed by atoms with van der Waals surface area (Å²) in [6.45, 7) is 7.70. The molecule has 0 saturated carbocycles. The van der Waals surface area contributed by atoms with Gasteiger partial charge in [0.1, 0.15) is 6.61 Å². The highest BCUT2D eigenvalue weighted by molar-refractivity contribution is 5.55. The highest BCUT2D eigenvalue weighted by atomic mass is 16.5. The molecule has 0 bridgehead atoms. The van der Waals surface area contributed by atoms with Crippen molar-refractivity contribution in [1.29, 1.82) is 0 Å². The largest absolute Gasteiger partial charge is 0.493 e. The van der Waals surface area contributed by atoms with Gasteiger partial charge in [-0.15, -0.1) is 0 Å². The van der Waals surface area contributed by atoms with Crippen molar-refractivity contribution in [1.82, 2.24) is 5.32 Å². The van der Waals surface area contributed by atoms with Crippen molar-refractivity contribution in [3.8, 4) is 11.5 Å². The maximum Gasteiger partial charge on any atom is 0.161 e. The van der Waals surface area contributed by atoms with Gasteiger partial charge in [0.15, 0.2) is 11.5 Å². The molecule has 0 unspecified atom stereocenters. The predicted octanol–water partition coefficient (Wildman–Crippen LogP) is 2.73. The van der Waals surface area contributed by atoms with E-state index in [1.165, 1.54) is 0 Å². The molecule has 1 N–H and O–H groups in total. The Morgan fingerprint density at radius 2 is 1.95 bits per heavy atom. The molecule has 0 spiro atoms. The number of rotatable bonds is 10. The second-order valence-electron chi connectivity index (χ2n) is 4.21. The zero-order valence-electron chi connectivity index (χ0n) is 12.6. The van der Waals surface area contributed by atoms with Gasteiger partial charge in [-0.3, -0.25) is 0 Å². The smallest absolute Gasteiger partial charge is 0.161 e. The number of ether oxygens (including phenoxy) is 3. The standard InChI is InChI=1S/C16H25NO3/c1-4-6-14-7-8-15(16(13-14)18-3)20-12-10-17-9-11-19-5-2/h4,6-8,13,17H,5,9-12H2,1-3H3. The summed E-state index contributed by atoms with van der Waals surface area (Å²) in [4.78, 5) is 0. The first-order valence-corrected chi connectivity index (χ1v) is 7.03. The molecule has 0 heterocycles. The summed E-state index contributed by atoms with van der Waals surface area (Å²) in [5.74, 6) is 1.53. The first-order valence-electron chi connectivity index (χ1n) is 7.03. The fourth-order valence-corrected chi connectivity index (χ4v) is 1.75. The quantitative estimate of drug-likeness (QED) is 0.669. The molecule has 0 fully saturated rings. The molecule has 0 saturated heterocycles. The van der Waals surface area contributed by atoms with Crippen molar-refractivity contribution in [2.75, 3.05) is 40.0 Å². The third kappa shape index (κ3) is 6.08. The SMILES string of the molecule is CC=Cc1ccc(OCCNCCOCC)c(OC)c1. The normalized spacial score (nSPS) is 10.9. The van der Waals surface area contributed by atoms with Gasteiger partial charge < -0.3 is 19.5 Å². The van der Waals surface area contributed by atoms with Crippen LogP contribution in [0.5, 0.6) is 11.5 Å². The average Bonchev–Trinajstić information content (AvgIpc) is 2.47. The Morgan fingerprint density at radius 1 is 1.15 bits per heavy atom. The molecule has 4 nitrogen and oxygen atoms in total. The minimum Gasteiger partial charge on any atom is -0.493 e. The number of benzene rings is 1. The summed E-state index contributed by atoms with van der Waals surface area (Å²) >= 11 is 0. The summed E-state index contributed by atoms with van der Waals surface area (Å²) in [5, 5.41) is 3.26. The van der Waals surface area contributed by atoms with E-state index in [1.54, 1.807) is 7.11 Å². The van der Waals surface area contributed by atoms with Crippen molar-refractivity contribution in [3.05, 3.63) is 29.8 Å². The number of allylic oxidation sites excluding steroid dienone is 1. The summed E-state index contributed by atoms with van der Waals surface area (Å²) in [7, 11) is 1.65. The van der Waals surface area contributed by atoms with Crippen LogP contribution in [0.2, 0.25) is 0 Å². The van der Waals surface area contributed by atoms with E-state index in [2.05, 4.69) is 5.32 Å². The van der Waals surface area contributed by atoms with Crippen LogP contribution in [0, 0.1) is 0 Å². The Kier molecular flexibility index (Phi) is 8.51. The van der Waals surface area contributed by atoms with E-state index in [1.807, 2.05) is 44.2 Å². The Morgan fingerprint density at radius 3 is 2.65 bits per heavy atom. The average molecular weight is 279 g/mol. The van der Waals surface area contributed by atoms with Crippen LogP contribution in [-0.4, -0.2) is 40.0 Å². The van der Waals surface area contributed by atoms with Crippen molar-refractivity contribution < 1.29 is 14.2 Å². The first-order chi connectivity index (χ1) is 9.81. The second-order valence-corrected chi connectivity index (χ2v) is 4.21. The van der Waals surface area contributed by atoms with Gasteiger partial charge in [-0.05, 0) is 31.5 Å². The van der Waals surface area contributed by atoms with Crippen LogP contribution < -0.4 is 14.8 Å². The number of hydrogen-bond donors (Lipinski definition) is 1. The molecule has 0 aliphatic rings. The zero-order chi connectivity index (χ0) is 14.6. The minimum absolute atomic E-state index is 0.603. The van der Waals surface area contributed by atoms with Crippen LogP contribution in [0.1, 0.15) is 19.4 Å². The summed E-state index contributed by atoms with van der Waals surface area (Å²) in [5.41, 5.74) is 1.10. The van der Waals surface area contributed by atoms with E-state index in [0.717, 1.165) is 43.4 Å². The molecule has 0 amide bonds. The zero-order valence-corrected chi connectivity index (χ0v) is 12.6. The minimum atomic E-state index is 0.603. The summed E-state index contributed by atoms with van der Waals surface area (Å²) in [6, 6.07) is 5.92. The molecule has 1 aromatic rings. The van der Waals surface area contributed by atoms with Gasteiger partial charge in [0.2, 0.25) is 0 Å². The van der Waals surface area contributed by atoms with Gasteiger partial charge in [-0.1, -0.05) is 18.2 Å². The lowest BCUT2D eigenvalue weighted by molar-refractivity contribution is 0.148. The monoisotopic (exact) mass is 279 g/mol. The van der Waals surface area contributed by atoms with Gasteiger partial charge in [-0.25, -0.2) is 0 Å². The Bertz CT molecular complexity index is 405. The lowest BCUT2D eigenvalue weighted by atomic mass is 10.2. The van der Waals surface area contributed by atoms with Crippen LogP contribution in [0.25, 0.3) is 6.08 Å². The molecule has 20 heavy (non-hydrogen) atoms. The van der Waals surface area contributed by atoms with E-state index in [4.69, 9.17) is 14.2 Å². The Balaban J connectivity index is 2.36. The summed E-state index contributed by atoms with van der Waals surface area (Å²) < 4.78 is 16.3. The molecule has 0 aromatic heterocycles. The van der Waals surface area contributed by atoms with Gasteiger partial charge >= 0.3 is 0 Å². The van der Waals surface area contributed by atoms with Crippen LogP contribution >= 0.6 is 0 Å². The van der Waals surface area contributed by atoms with E-state index < -0.39 is 0 Å². The third-order valence-corrected chi connectivity index (χ3v) is 2.71. The van der Waals surface area contributed by atoms with Gasteiger partial charge in [0.25, 0.3) is 0 Å². The van der Waals surface area contributed by atoms with E-state index in [-0.39, 0.29) is 0 Å². The second kappa shape index (κ2) is 10.3. The molecule has 112 valence electrons. The van der Waals surface area contributed by atoms with Crippen molar-refractivity contribution in [3.63, 3.8) is 0 Å². The molecular formula is C16H25NO3. The van der Waals surface area contributed by atoms with Gasteiger partial charge in [0, 0.05) is 19.7 Å². The third-order valence-electron chi connectivity index (χ3n) is 2.71. The molecule has 0 aliphatic carbocycles. The van der Waals surface area contributed by atoms with Crippen LogP contribution in [0.3, 0.4) is 0 Å². The topological polar surface area (TPSA) is 39.7 Å². The molecule has 0 radical (unpaired) electrons. The molecule has 1 aromatic carbocycles. The lowest BCUT2D eigenvalue weighted by Gasteiger charge is -2.12. The lowest BCUT2D eigenvalue weighted by Crippen LogP contribution is -2.25. The molecular weight excluding hydrogens is 254 g/mol. The maximum absolute atomic E-state index is 5.72. The molecule has 0 aliphatic heterocycles. The van der Waals surface area contributed by atoms with Gasteiger partial charge in [0.05, 0.1) is 13.7 Å². The molecule has 4 heteroatoms. The predicted molar refractivity (Wildman–Crippen MR) is 82.6 cm³/mol. The fourth-order valence-electron chi connectivity index (χ4n) is 1.75. The van der Waals surface area contributed by atoms with Crippen molar-refractivity contribution >= 4 is 6.08 Å². The first kappa shape index (κ1) is 16.5. The van der Waals surface area contributed by atoms with Gasteiger partial charge in [-0.2, -0.15) is 0 Å². The Hall–Kier alpha value is -1.52. The number of methoxy groups -OCH3 is 1. The fraction of sp³-hybridized carbons (Fsp3) is 0.500. The van der Waals surface area contributed by atoms with Crippen molar-refractivity contribution in [2.24, 2.45) is 0 Å².